The monoisotopic (exact) mass is 647 g/mol. The van der Waals surface area contributed by atoms with Crippen molar-refractivity contribution >= 4 is 29.8 Å². The van der Waals surface area contributed by atoms with Crippen molar-refractivity contribution < 1.29 is 38.1 Å². The van der Waals surface area contributed by atoms with E-state index in [1.807, 2.05) is 6.92 Å². The van der Waals surface area contributed by atoms with E-state index >= 15 is 0 Å². The zero-order chi connectivity index (χ0) is 34.2. The van der Waals surface area contributed by atoms with E-state index in [-0.39, 0.29) is 17.6 Å². The highest BCUT2D eigenvalue weighted by molar-refractivity contribution is 6.02. The predicted molar refractivity (Wildman–Crippen MR) is 179 cm³/mol. The Morgan fingerprint density at radius 1 is 0.826 bits per heavy atom. The second kappa shape index (κ2) is 19.4. The molecule has 11 heteroatoms. The van der Waals surface area contributed by atoms with E-state index in [2.05, 4.69) is 22.5 Å². The number of amides is 2. The lowest BCUT2D eigenvalue weighted by Crippen LogP contribution is -2.47. The molecular formula is C35H57N3O8. The number of hydrogen-bond donors (Lipinski definition) is 2. The van der Waals surface area contributed by atoms with E-state index in [0.29, 0.717) is 30.6 Å². The molecule has 0 saturated heterocycles. The molecule has 1 saturated carbocycles. The lowest BCUT2D eigenvalue weighted by Gasteiger charge is -2.25. The summed E-state index contributed by atoms with van der Waals surface area (Å²) in [4.78, 5) is 42.6. The van der Waals surface area contributed by atoms with E-state index in [1.54, 1.807) is 59.7 Å². The van der Waals surface area contributed by atoms with Gasteiger partial charge in [0.25, 0.3) is 0 Å². The van der Waals surface area contributed by atoms with E-state index in [4.69, 9.17) is 23.7 Å². The summed E-state index contributed by atoms with van der Waals surface area (Å²) in [7, 11) is 0. The largest absolute Gasteiger partial charge is 0.493 e. The number of nitrogens with zero attached hydrogens (tertiary/aromatic N) is 1. The third-order valence-corrected chi connectivity index (χ3v) is 7.06. The van der Waals surface area contributed by atoms with Crippen molar-refractivity contribution in [2.45, 2.75) is 137 Å². The second-order valence-corrected chi connectivity index (χ2v) is 13.7. The van der Waals surface area contributed by atoms with Gasteiger partial charge in [-0.05, 0) is 91.7 Å². The van der Waals surface area contributed by atoms with Crippen molar-refractivity contribution in [1.29, 1.82) is 0 Å². The highest BCUT2D eigenvalue weighted by Crippen LogP contribution is 2.31. The molecule has 1 aromatic rings. The number of nitrogens with one attached hydrogen (secondary N) is 2. The molecule has 0 aliphatic heterocycles. The molecule has 2 rings (SSSR count). The molecular weight excluding hydrogens is 590 g/mol. The molecule has 0 aromatic heterocycles. The van der Waals surface area contributed by atoms with Gasteiger partial charge in [0.15, 0.2) is 0 Å². The van der Waals surface area contributed by atoms with Gasteiger partial charge in [-0.25, -0.2) is 19.4 Å². The fourth-order valence-corrected chi connectivity index (χ4v) is 4.87. The van der Waals surface area contributed by atoms with Crippen LogP contribution in [0.4, 0.5) is 15.3 Å². The van der Waals surface area contributed by atoms with E-state index < -0.39 is 29.4 Å². The first-order valence-electron chi connectivity index (χ1n) is 16.8. The van der Waals surface area contributed by atoms with Crippen molar-refractivity contribution in [3.8, 4) is 5.75 Å². The number of benzene rings is 1. The van der Waals surface area contributed by atoms with Crippen LogP contribution in [0, 0.1) is 5.92 Å². The molecule has 0 radical (unpaired) electrons. The van der Waals surface area contributed by atoms with Gasteiger partial charge in [-0.1, -0.05) is 46.0 Å². The average Bonchev–Trinajstić information content (AvgIpc) is 3.16. The molecule has 46 heavy (non-hydrogen) atoms. The maximum atomic E-state index is 13.0. The summed E-state index contributed by atoms with van der Waals surface area (Å²) in [6.45, 7) is 16.0. The van der Waals surface area contributed by atoms with Gasteiger partial charge < -0.3 is 23.7 Å². The van der Waals surface area contributed by atoms with Crippen LogP contribution >= 0.6 is 0 Å². The number of carbonyl (C=O) groups is 3. The van der Waals surface area contributed by atoms with Gasteiger partial charge >= 0.3 is 18.2 Å². The summed E-state index contributed by atoms with van der Waals surface area (Å²) in [6, 6.07) is 4.75. The minimum absolute atomic E-state index is 0.201. The molecule has 1 aliphatic carbocycles. The van der Waals surface area contributed by atoms with Gasteiger partial charge in [0.2, 0.25) is 5.96 Å². The zero-order valence-electron chi connectivity index (χ0n) is 29.3. The normalized spacial score (nSPS) is 16.9. The number of esters is 1. The Morgan fingerprint density at radius 3 is 2.04 bits per heavy atom. The van der Waals surface area contributed by atoms with Crippen LogP contribution in [0.15, 0.2) is 23.2 Å². The third-order valence-electron chi connectivity index (χ3n) is 7.06. The zero-order valence-corrected chi connectivity index (χ0v) is 29.3. The molecule has 1 fully saturated rings. The Labute approximate surface area is 275 Å². The SMILES string of the molecule is CCCCOC(=O)c1ccc(N=C(NC(=O)OC(C)(C)C)NC(=O)OC(C)(C)C)cc1OCCC1CCCCCC1OCCCC. The summed E-state index contributed by atoms with van der Waals surface area (Å²) >= 11 is 0. The van der Waals surface area contributed by atoms with Gasteiger partial charge in [0.05, 0.1) is 25.0 Å². The minimum Gasteiger partial charge on any atom is -0.493 e. The maximum Gasteiger partial charge on any atom is 0.414 e. The predicted octanol–water partition coefficient (Wildman–Crippen LogP) is 8.21. The summed E-state index contributed by atoms with van der Waals surface area (Å²) < 4.78 is 28.7. The minimum atomic E-state index is -0.811. The number of unbranched alkanes of at least 4 members (excludes halogenated alkanes) is 2. The molecule has 2 N–H and O–H groups in total. The first kappa shape index (κ1) is 38.8. The smallest absolute Gasteiger partial charge is 0.414 e. The van der Waals surface area contributed by atoms with Crippen LogP contribution in [0.5, 0.6) is 5.75 Å². The van der Waals surface area contributed by atoms with Crippen molar-refractivity contribution in [2.24, 2.45) is 10.9 Å². The summed E-state index contributed by atoms with van der Waals surface area (Å²) in [6.07, 6.45) is 8.80. The molecule has 2 amide bonds. The maximum absolute atomic E-state index is 13.0. The highest BCUT2D eigenvalue weighted by Gasteiger charge is 2.25. The Morgan fingerprint density at radius 2 is 1.43 bits per heavy atom. The summed E-state index contributed by atoms with van der Waals surface area (Å²) in [5.74, 6) is -0.0386. The second-order valence-electron chi connectivity index (χ2n) is 13.7. The molecule has 260 valence electrons. The number of guanidine groups is 1. The van der Waals surface area contributed by atoms with E-state index in [9.17, 15) is 14.4 Å². The molecule has 0 heterocycles. The van der Waals surface area contributed by atoms with Crippen LogP contribution in [-0.2, 0) is 18.9 Å². The van der Waals surface area contributed by atoms with Crippen LogP contribution in [0.3, 0.4) is 0 Å². The molecule has 11 nitrogen and oxygen atoms in total. The van der Waals surface area contributed by atoms with E-state index in [1.165, 1.54) is 12.8 Å². The summed E-state index contributed by atoms with van der Waals surface area (Å²) in [5.41, 5.74) is -0.968. The number of hydrogen-bond acceptors (Lipinski definition) is 9. The molecule has 2 unspecified atom stereocenters. The van der Waals surface area contributed by atoms with Gasteiger partial charge in [-0.3, -0.25) is 10.6 Å². The fourth-order valence-electron chi connectivity index (χ4n) is 4.87. The molecule has 0 bridgehead atoms. The van der Waals surface area contributed by atoms with Crippen LogP contribution in [0.1, 0.15) is 130 Å². The van der Waals surface area contributed by atoms with Crippen LogP contribution < -0.4 is 15.4 Å². The van der Waals surface area contributed by atoms with Crippen molar-refractivity contribution in [3.63, 3.8) is 0 Å². The van der Waals surface area contributed by atoms with Crippen LogP contribution in [0.2, 0.25) is 0 Å². The Balaban J connectivity index is 2.34. The standard InChI is InChI=1S/C35H57N3O8/c1-9-11-21-42-28-17-15-13-14-16-25(28)20-23-43-29-24-26(18-19-27(29)30(39)44-22-12-10-2)36-31(37-32(40)45-34(3,4)5)38-33(41)46-35(6,7)8/h18-19,24-25,28H,9-17,20-23H2,1-8H3,(H2,36,37,38,40,41). The third kappa shape index (κ3) is 15.8. The molecule has 1 aliphatic rings. The molecule has 1 aromatic carbocycles. The van der Waals surface area contributed by atoms with E-state index in [0.717, 1.165) is 58.0 Å². The summed E-state index contributed by atoms with van der Waals surface area (Å²) in [5, 5.41) is 4.96. The first-order valence-corrected chi connectivity index (χ1v) is 16.8. The number of rotatable bonds is 13. The lowest BCUT2D eigenvalue weighted by atomic mass is 9.94. The van der Waals surface area contributed by atoms with Gasteiger partial charge in [0.1, 0.15) is 22.5 Å². The molecule has 2 atom stereocenters. The van der Waals surface area contributed by atoms with Crippen LogP contribution in [0.25, 0.3) is 0 Å². The first-order chi connectivity index (χ1) is 21.7. The van der Waals surface area contributed by atoms with Crippen LogP contribution in [-0.4, -0.2) is 61.2 Å². The lowest BCUT2D eigenvalue weighted by molar-refractivity contribution is 0.000265. The van der Waals surface area contributed by atoms with Crippen molar-refractivity contribution in [1.82, 2.24) is 10.6 Å². The Kier molecular flexibility index (Phi) is 16.3. The topological polar surface area (TPSA) is 134 Å². The fraction of sp³-hybridized carbons (Fsp3) is 0.714. The Bertz CT molecular complexity index is 1110. The highest BCUT2D eigenvalue weighted by atomic mass is 16.6. The van der Waals surface area contributed by atoms with Gasteiger partial charge in [-0.2, -0.15) is 0 Å². The number of alkyl carbamates (subject to hydrolysis) is 2. The molecule has 0 spiro atoms. The van der Waals surface area contributed by atoms with Crippen molar-refractivity contribution in [3.05, 3.63) is 23.8 Å². The Hall–Kier alpha value is -3.34. The number of aliphatic imine (C=N–C) groups is 1. The quantitative estimate of drug-likeness (QED) is 0.0546. The van der Waals surface area contributed by atoms with Gasteiger partial charge in [0, 0.05) is 12.7 Å². The van der Waals surface area contributed by atoms with Crippen molar-refractivity contribution in [2.75, 3.05) is 19.8 Å². The number of ether oxygens (including phenoxy) is 5. The van der Waals surface area contributed by atoms with Gasteiger partial charge in [-0.15, -0.1) is 0 Å². The average molecular weight is 648 g/mol. The number of carbonyl (C=O) groups excluding carboxylic acids is 3.